The Kier molecular flexibility index (Phi) is 4.71. The molecule has 0 radical (unpaired) electrons. The number of carbonyl (C=O) groups is 1. The summed E-state index contributed by atoms with van der Waals surface area (Å²) in [6.45, 7) is 0.445. The molecule has 20 heavy (non-hydrogen) atoms. The van der Waals surface area contributed by atoms with Crippen LogP contribution in [0.25, 0.3) is 0 Å². The normalized spacial score (nSPS) is 10.1. The zero-order valence-corrected chi connectivity index (χ0v) is 11.2. The second-order valence-corrected chi connectivity index (χ2v) is 4.34. The molecule has 0 spiro atoms. The monoisotopic (exact) mass is 273 g/mol. The van der Waals surface area contributed by atoms with Crippen molar-refractivity contribution in [3.05, 3.63) is 65.5 Å². The first kappa shape index (κ1) is 14.1. The number of nitrogens with one attached hydrogen (secondary N) is 1. The van der Waals surface area contributed by atoms with Crippen LogP contribution in [-0.4, -0.2) is 19.6 Å². The van der Waals surface area contributed by atoms with Crippen molar-refractivity contribution in [2.24, 2.45) is 0 Å². The van der Waals surface area contributed by atoms with E-state index in [1.807, 2.05) is 12.1 Å². The first-order valence-electron chi connectivity index (χ1n) is 6.36. The zero-order valence-electron chi connectivity index (χ0n) is 11.2. The minimum atomic E-state index is -0.265. The molecule has 1 N–H and O–H groups in total. The molecular formula is C16H16FNO2. The van der Waals surface area contributed by atoms with E-state index in [-0.39, 0.29) is 11.7 Å². The molecule has 1 amide bonds. The van der Waals surface area contributed by atoms with Crippen LogP contribution in [0.3, 0.4) is 0 Å². The van der Waals surface area contributed by atoms with Gasteiger partial charge < -0.3 is 10.1 Å². The van der Waals surface area contributed by atoms with Crippen molar-refractivity contribution in [2.45, 2.75) is 6.42 Å². The Morgan fingerprint density at radius 3 is 2.75 bits per heavy atom. The van der Waals surface area contributed by atoms with E-state index in [1.54, 1.807) is 24.3 Å². The van der Waals surface area contributed by atoms with Gasteiger partial charge in [0.1, 0.15) is 11.6 Å². The SMILES string of the molecule is COc1ccccc1C(=O)NCCc1cccc(F)c1. The standard InChI is InChI=1S/C16H16FNO2/c1-20-15-8-3-2-7-14(15)16(19)18-10-9-12-5-4-6-13(17)11-12/h2-8,11H,9-10H2,1H3,(H,18,19). The number of ether oxygens (including phenoxy) is 1. The smallest absolute Gasteiger partial charge is 0.255 e. The van der Waals surface area contributed by atoms with E-state index in [4.69, 9.17) is 4.74 Å². The summed E-state index contributed by atoms with van der Waals surface area (Å²) in [5.41, 5.74) is 1.35. The summed E-state index contributed by atoms with van der Waals surface area (Å²) >= 11 is 0. The molecule has 0 aliphatic heterocycles. The zero-order chi connectivity index (χ0) is 14.4. The number of halogens is 1. The van der Waals surface area contributed by atoms with Gasteiger partial charge in [-0.15, -0.1) is 0 Å². The Bertz CT molecular complexity index is 599. The van der Waals surface area contributed by atoms with Crippen molar-refractivity contribution in [1.82, 2.24) is 5.32 Å². The highest BCUT2D eigenvalue weighted by atomic mass is 19.1. The minimum absolute atomic E-state index is 0.196. The number of hydrogen-bond acceptors (Lipinski definition) is 2. The lowest BCUT2D eigenvalue weighted by molar-refractivity contribution is 0.0951. The molecule has 0 saturated carbocycles. The summed E-state index contributed by atoms with van der Waals surface area (Å²) < 4.78 is 18.1. The van der Waals surface area contributed by atoms with E-state index in [1.165, 1.54) is 19.2 Å². The van der Waals surface area contributed by atoms with Gasteiger partial charge in [-0.05, 0) is 36.2 Å². The van der Waals surface area contributed by atoms with Crippen LogP contribution >= 0.6 is 0 Å². The lowest BCUT2D eigenvalue weighted by Crippen LogP contribution is -2.26. The van der Waals surface area contributed by atoms with Crippen molar-refractivity contribution in [1.29, 1.82) is 0 Å². The van der Waals surface area contributed by atoms with Crippen molar-refractivity contribution in [2.75, 3.05) is 13.7 Å². The van der Waals surface area contributed by atoms with Crippen molar-refractivity contribution >= 4 is 5.91 Å². The molecule has 0 atom stereocenters. The summed E-state index contributed by atoms with van der Waals surface area (Å²) in [6.07, 6.45) is 0.582. The number of methoxy groups -OCH3 is 1. The van der Waals surface area contributed by atoms with Gasteiger partial charge in [-0.2, -0.15) is 0 Å². The van der Waals surface area contributed by atoms with Gasteiger partial charge >= 0.3 is 0 Å². The van der Waals surface area contributed by atoms with E-state index < -0.39 is 0 Å². The van der Waals surface area contributed by atoms with Crippen molar-refractivity contribution < 1.29 is 13.9 Å². The van der Waals surface area contributed by atoms with Crippen LogP contribution in [0.4, 0.5) is 4.39 Å². The Morgan fingerprint density at radius 2 is 2.00 bits per heavy atom. The van der Waals surface area contributed by atoms with E-state index in [2.05, 4.69) is 5.32 Å². The Labute approximate surface area is 117 Å². The van der Waals surface area contributed by atoms with Gasteiger partial charge in [-0.1, -0.05) is 24.3 Å². The van der Waals surface area contributed by atoms with E-state index in [0.29, 0.717) is 24.3 Å². The third-order valence-electron chi connectivity index (χ3n) is 2.94. The summed E-state index contributed by atoms with van der Waals surface area (Å²) in [5.74, 6) is 0.0770. The second kappa shape index (κ2) is 6.70. The lowest BCUT2D eigenvalue weighted by atomic mass is 10.1. The van der Waals surface area contributed by atoms with E-state index in [9.17, 15) is 9.18 Å². The fourth-order valence-electron chi connectivity index (χ4n) is 1.94. The maximum Gasteiger partial charge on any atom is 0.255 e. The van der Waals surface area contributed by atoms with Crippen LogP contribution in [0.1, 0.15) is 15.9 Å². The van der Waals surface area contributed by atoms with Crippen LogP contribution in [0, 0.1) is 5.82 Å². The summed E-state index contributed by atoms with van der Waals surface area (Å²) in [7, 11) is 1.53. The number of hydrogen-bond donors (Lipinski definition) is 1. The van der Waals surface area contributed by atoms with Gasteiger partial charge in [0.15, 0.2) is 0 Å². The first-order chi connectivity index (χ1) is 9.70. The maximum absolute atomic E-state index is 13.0. The predicted octanol–water partition coefficient (Wildman–Crippen LogP) is 2.81. The average molecular weight is 273 g/mol. The van der Waals surface area contributed by atoms with Crippen LogP contribution < -0.4 is 10.1 Å². The van der Waals surface area contributed by atoms with Gasteiger partial charge in [0, 0.05) is 6.54 Å². The molecule has 0 aromatic heterocycles. The molecule has 2 aromatic rings. The molecule has 2 rings (SSSR count). The highest BCUT2D eigenvalue weighted by molar-refractivity contribution is 5.96. The Morgan fingerprint density at radius 1 is 1.20 bits per heavy atom. The molecule has 0 heterocycles. The average Bonchev–Trinajstić information content (AvgIpc) is 2.47. The van der Waals surface area contributed by atoms with Crippen LogP contribution in [0.2, 0.25) is 0 Å². The maximum atomic E-state index is 13.0. The van der Waals surface area contributed by atoms with E-state index >= 15 is 0 Å². The van der Waals surface area contributed by atoms with Gasteiger partial charge in [0.05, 0.1) is 12.7 Å². The fourth-order valence-corrected chi connectivity index (χ4v) is 1.94. The topological polar surface area (TPSA) is 38.3 Å². The third-order valence-corrected chi connectivity index (χ3v) is 2.94. The molecule has 0 fully saturated rings. The summed E-state index contributed by atoms with van der Waals surface area (Å²) in [5, 5.41) is 2.80. The summed E-state index contributed by atoms with van der Waals surface area (Å²) in [6, 6.07) is 13.4. The highest BCUT2D eigenvalue weighted by Gasteiger charge is 2.10. The largest absolute Gasteiger partial charge is 0.496 e. The lowest BCUT2D eigenvalue weighted by Gasteiger charge is -2.09. The van der Waals surface area contributed by atoms with Crippen molar-refractivity contribution in [3.63, 3.8) is 0 Å². The van der Waals surface area contributed by atoms with Gasteiger partial charge in [-0.25, -0.2) is 4.39 Å². The number of amides is 1. The number of para-hydroxylation sites is 1. The van der Waals surface area contributed by atoms with Gasteiger partial charge in [-0.3, -0.25) is 4.79 Å². The number of benzene rings is 2. The molecule has 0 aliphatic rings. The number of rotatable bonds is 5. The fraction of sp³-hybridized carbons (Fsp3) is 0.188. The predicted molar refractivity (Wildman–Crippen MR) is 75.4 cm³/mol. The summed E-state index contributed by atoms with van der Waals surface area (Å²) in [4.78, 5) is 12.0. The Hall–Kier alpha value is -2.36. The molecule has 3 nitrogen and oxygen atoms in total. The molecule has 104 valence electrons. The minimum Gasteiger partial charge on any atom is -0.496 e. The Balaban J connectivity index is 1.92. The van der Waals surface area contributed by atoms with Crippen LogP contribution in [0.5, 0.6) is 5.75 Å². The molecular weight excluding hydrogens is 257 g/mol. The van der Waals surface area contributed by atoms with Crippen LogP contribution in [-0.2, 0) is 6.42 Å². The third kappa shape index (κ3) is 3.57. The molecule has 2 aromatic carbocycles. The second-order valence-electron chi connectivity index (χ2n) is 4.34. The first-order valence-corrected chi connectivity index (χ1v) is 6.36. The van der Waals surface area contributed by atoms with Gasteiger partial charge in [0.2, 0.25) is 0 Å². The van der Waals surface area contributed by atoms with Crippen molar-refractivity contribution in [3.8, 4) is 5.75 Å². The van der Waals surface area contributed by atoms with Crippen LogP contribution in [0.15, 0.2) is 48.5 Å². The number of carbonyl (C=O) groups excluding carboxylic acids is 1. The van der Waals surface area contributed by atoms with E-state index in [0.717, 1.165) is 5.56 Å². The molecule has 4 heteroatoms. The highest BCUT2D eigenvalue weighted by Crippen LogP contribution is 2.16. The molecule has 0 saturated heterocycles. The quantitative estimate of drug-likeness (QED) is 0.909. The molecule has 0 bridgehead atoms. The van der Waals surface area contributed by atoms with Gasteiger partial charge in [0.25, 0.3) is 5.91 Å². The molecule has 0 aliphatic carbocycles. The molecule has 0 unspecified atom stereocenters.